The monoisotopic (exact) mass is 283 g/mol. The number of hydrogen-bond acceptors (Lipinski definition) is 4. The highest BCUT2D eigenvalue weighted by Gasteiger charge is 2.23. The topological polar surface area (TPSA) is 87.3 Å². The highest BCUT2D eigenvalue weighted by Crippen LogP contribution is 2.07. The van der Waals surface area contributed by atoms with Gasteiger partial charge >= 0.3 is 0 Å². The van der Waals surface area contributed by atoms with Gasteiger partial charge in [-0.15, -0.1) is 11.3 Å². The summed E-state index contributed by atoms with van der Waals surface area (Å²) in [6, 6.07) is 2.72. The van der Waals surface area contributed by atoms with Gasteiger partial charge in [-0.05, 0) is 17.4 Å². The third-order valence-electron chi connectivity index (χ3n) is 2.35. The van der Waals surface area contributed by atoms with Crippen LogP contribution in [0.3, 0.4) is 0 Å². The zero-order valence-corrected chi connectivity index (χ0v) is 11.8. The highest BCUT2D eigenvalue weighted by molar-refractivity contribution is 7.12. The second-order valence-electron chi connectivity index (χ2n) is 4.34. The van der Waals surface area contributed by atoms with Gasteiger partial charge in [0, 0.05) is 6.92 Å². The van der Waals surface area contributed by atoms with Crippen LogP contribution in [0.2, 0.25) is 0 Å². The molecule has 1 heterocycles. The molecule has 1 aromatic rings. The predicted molar refractivity (Wildman–Crippen MR) is 72.4 cm³/mol. The summed E-state index contributed by atoms with van der Waals surface area (Å²) in [5, 5.41) is 4.31. The molecule has 1 atom stereocenters. The molecule has 0 fully saturated rings. The molecule has 0 bridgehead atoms. The van der Waals surface area contributed by atoms with E-state index in [0.717, 1.165) is 0 Å². The third kappa shape index (κ3) is 4.70. The smallest absolute Gasteiger partial charge is 0.279 e. The lowest BCUT2D eigenvalue weighted by atomic mass is 10.0. The molecular formula is C12H17N3O3S. The SMILES string of the molecule is CC(=O)N[C@H](C(=O)NNC(=O)c1cccs1)C(C)C. The van der Waals surface area contributed by atoms with E-state index in [0.29, 0.717) is 4.88 Å². The second kappa shape index (κ2) is 6.89. The molecule has 3 amide bonds. The molecule has 0 aromatic carbocycles. The minimum atomic E-state index is -0.680. The third-order valence-corrected chi connectivity index (χ3v) is 3.22. The van der Waals surface area contributed by atoms with Crippen LogP contribution < -0.4 is 16.2 Å². The molecule has 1 rings (SSSR count). The van der Waals surface area contributed by atoms with Gasteiger partial charge in [0.15, 0.2) is 0 Å². The number of carbonyl (C=O) groups excluding carboxylic acids is 3. The Morgan fingerprint density at radius 2 is 1.89 bits per heavy atom. The maximum Gasteiger partial charge on any atom is 0.279 e. The Labute approximate surface area is 115 Å². The number of rotatable bonds is 4. The van der Waals surface area contributed by atoms with Gasteiger partial charge in [0.2, 0.25) is 5.91 Å². The summed E-state index contributed by atoms with van der Waals surface area (Å²) in [6.07, 6.45) is 0. The van der Waals surface area contributed by atoms with E-state index in [2.05, 4.69) is 16.2 Å². The summed E-state index contributed by atoms with van der Waals surface area (Å²) in [5.41, 5.74) is 4.63. The lowest BCUT2D eigenvalue weighted by molar-refractivity contribution is -0.129. The summed E-state index contributed by atoms with van der Waals surface area (Å²) in [4.78, 5) is 35.0. The van der Waals surface area contributed by atoms with Crippen LogP contribution in [0.25, 0.3) is 0 Å². The molecular weight excluding hydrogens is 266 g/mol. The molecule has 0 saturated carbocycles. The first kappa shape index (κ1) is 15.2. The average molecular weight is 283 g/mol. The second-order valence-corrected chi connectivity index (χ2v) is 5.29. The molecule has 0 saturated heterocycles. The van der Waals surface area contributed by atoms with Crippen LogP contribution in [0.1, 0.15) is 30.4 Å². The van der Waals surface area contributed by atoms with Crippen LogP contribution in [0, 0.1) is 5.92 Å². The number of thiophene rings is 1. The quantitative estimate of drug-likeness (QED) is 0.710. The van der Waals surface area contributed by atoms with Gasteiger partial charge in [0.25, 0.3) is 11.8 Å². The standard InChI is InChI=1S/C12H17N3O3S/c1-7(2)10(13-8(3)16)12(18)15-14-11(17)9-5-4-6-19-9/h4-7,10H,1-3H3,(H,13,16)(H,14,17)(H,15,18)/t10-/m0/s1. The molecule has 7 heteroatoms. The van der Waals surface area contributed by atoms with Crippen molar-refractivity contribution >= 4 is 29.1 Å². The van der Waals surface area contributed by atoms with Crippen LogP contribution in [-0.4, -0.2) is 23.8 Å². The van der Waals surface area contributed by atoms with Crippen LogP contribution in [-0.2, 0) is 9.59 Å². The van der Waals surface area contributed by atoms with Crippen LogP contribution in [0.4, 0.5) is 0 Å². The van der Waals surface area contributed by atoms with Crippen LogP contribution in [0.5, 0.6) is 0 Å². The normalized spacial score (nSPS) is 11.8. The molecule has 0 radical (unpaired) electrons. The van der Waals surface area contributed by atoms with Crippen molar-refractivity contribution in [2.45, 2.75) is 26.8 Å². The Balaban J connectivity index is 2.53. The molecule has 3 N–H and O–H groups in total. The molecule has 0 unspecified atom stereocenters. The maximum absolute atomic E-state index is 11.9. The molecule has 6 nitrogen and oxygen atoms in total. The lowest BCUT2D eigenvalue weighted by Gasteiger charge is -2.20. The molecule has 0 spiro atoms. The first-order chi connectivity index (χ1) is 8.91. The van der Waals surface area contributed by atoms with E-state index in [4.69, 9.17) is 0 Å². The van der Waals surface area contributed by atoms with Crippen molar-refractivity contribution in [3.63, 3.8) is 0 Å². The molecule has 0 aliphatic heterocycles. The van der Waals surface area contributed by atoms with E-state index in [9.17, 15) is 14.4 Å². The zero-order chi connectivity index (χ0) is 14.4. The van der Waals surface area contributed by atoms with Gasteiger partial charge in [-0.25, -0.2) is 0 Å². The number of carbonyl (C=O) groups is 3. The van der Waals surface area contributed by atoms with Crippen molar-refractivity contribution in [1.82, 2.24) is 16.2 Å². The largest absolute Gasteiger partial charge is 0.344 e. The maximum atomic E-state index is 11.9. The van der Waals surface area contributed by atoms with E-state index < -0.39 is 11.9 Å². The molecule has 0 aliphatic carbocycles. The first-order valence-corrected chi connectivity index (χ1v) is 6.70. The number of hydrogen-bond donors (Lipinski definition) is 3. The fourth-order valence-corrected chi connectivity index (χ4v) is 2.04. The summed E-state index contributed by atoms with van der Waals surface area (Å²) in [7, 11) is 0. The van der Waals surface area contributed by atoms with Gasteiger partial charge < -0.3 is 5.32 Å². The van der Waals surface area contributed by atoms with E-state index in [1.165, 1.54) is 18.3 Å². The van der Waals surface area contributed by atoms with Gasteiger partial charge in [-0.2, -0.15) is 0 Å². The summed E-state index contributed by atoms with van der Waals surface area (Å²) < 4.78 is 0. The van der Waals surface area contributed by atoms with Gasteiger partial charge in [-0.1, -0.05) is 19.9 Å². The fourth-order valence-electron chi connectivity index (χ4n) is 1.42. The Kier molecular flexibility index (Phi) is 5.50. The molecule has 1 aromatic heterocycles. The molecule has 104 valence electrons. The zero-order valence-electron chi connectivity index (χ0n) is 11.0. The Morgan fingerprint density at radius 3 is 2.37 bits per heavy atom. The fraction of sp³-hybridized carbons (Fsp3) is 0.417. The minimum Gasteiger partial charge on any atom is -0.344 e. The Morgan fingerprint density at radius 1 is 1.21 bits per heavy atom. The predicted octanol–water partition coefficient (Wildman–Crippen LogP) is 0.670. The van der Waals surface area contributed by atoms with Gasteiger partial charge in [0.05, 0.1) is 4.88 Å². The van der Waals surface area contributed by atoms with Crippen LogP contribution in [0.15, 0.2) is 17.5 Å². The van der Waals surface area contributed by atoms with E-state index in [-0.39, 0.29) is 17.7 Å². The van der Waals surface area contributed by atoms with Crippen molar-refractivity contribution < 1.29 is 14.4 Å². The number of nitrogens with one attached hydrogen (secondary N) is 3. The number of amides is 3. The van der Waals surface area contributed by atoms with Crippen molar-refractivity contribution in [3.8, 4) is 0 Å². The van der Waals surface area contributed by atoms with E-state index >= 15 is 0 Å². The first-order valence-electron chi connectivity index (χ1n) is 5.82. The van der Waals surface area contributed by atoms with Gasteiger partial charge in [0.1, 0.15) is 6.04 Å². The average Bonchev–Trinajstić information content (AvgIpc) is 2.85. The summed E-state index contributed by atoms with van der Waals surface area (Å²) in [6.45, 7) is 4.95. The Bertz CT molecular complexity index is 457. The van der Waals surface area contributed by atoms with E-state index in [1.807, 2.05) is 0 Å². The molecule has 0 aliphatic rings. The highest BCUT2D eigenvalue weighted by atomic mass is 32.1. The van der Waals surface area contributed by atoms with Crippen molar-refractivity contribution in [3.05, 3.63) is 22.4 Å². The minimum absolute atomic E-state index is 0.0810. The molecule has 19 heavy (non-hydrogen) atoms. The van der Waals surface area contributed by atoms with Crippen LogP contribution >= 0.6 is 11.3 Å². The summed E-state index contributed by atoms with van der Waals surface area (Å²) in [5.74, 6) is -1.20. The van der Waals surface area contributed by atoms with Crippen molar-refractivity contribution in [2.24, 2.45) is 5.92 Å². The van der Waals surface area contributed by atoms with Gasteiger partial charge in [-0.3, -0.25) is 25.2 Å². The van der Waals surface area contributed by atoms with Crippen molar-refractivity contribution in [2.75, 3.05) is 0 Å². The number of hydrazine groups is 1. The summed E-state index contributed by atoms with van der Waals surface area (Å²) >= 11 is 1.27. The van der Waals surface area contributed by atoms with E-state index in [1.54, 1.807) is 31.4 Å². The van der Waals surface area contributed by atoms with Crippen molar-refractivity contribution in [1.29, 1.82) is 0 Å². The Hall–Kier alpha value is -1.89. The lowest BCUT2D eigenvalue weighted by Crippen LogP contribution is -2.53.